The van der Waals surface area contributed by atoms with Crippen molar-refractivity contribution in [2.75, 3.05) is 5.73 Å². The van der Waals surface area contributed by atoms with Crippen LogP contribution in [-0.4, -0.2) is 5.91 Å². The van der Waals surface area contributed by atoms with Crippen molar-refractivity contribution < 1.29 is 4.79 Å². The molecule has 0 radical (unpaired) electrons. The Hall–Kier alpha value is -2.29. The molecule has 1 amide bonds. The molecule has 20 heavy (non-hydrogen) atoms. The zero-order chi connectivity index (χ0) is 14.4. The molecular formula is C17H20N2O. The first kappa shape index (κ1) is 14.1. The summed E-state index contributed by atoms with van der Waals surface area (Å²) in [6.45, 7) is 1.99. The van der Waals surface area contributed by atoms with Crippen LogP contribution in [0.15, 0.2) is 54.6 Å². The summed E-state index contributed by atoms with van der Waals surface area (Å²) in [5.41, 5.74) is 8.75. The van der Waals surface area contributed by atoms with Gasteiger partial charge in [-0.05, 0) is 30.5 Å². The smallest absolute Gasteiger partial charge is 0.220 e. The van der Waals surface area contributed by atoms with Crippen LogP contribution in [0.3, 0.4) is 0 Å². The molecule has 0 unspecified atom stereocenters. The first-order valence-corrected chi connectivity index (χ1v) is 6.84. The highest BCUT2D eigenvalue weighted by Crippen LogP contribution is 2.14. The minimum Gasteiger partial charge on any atom is -0.399 e. The predicted molar refractivity (Wildman–Crippen MR) is 82.2 cm³/mol. The minimum atomic E-state index is 0.0248. The molecule has 0 aliphatic rings. The van der Waals surface area contributed by atoms with Crippen LogP contribution < -0.4 is 11.1 Å². The third-order valence-electron chi connectivity index (χ3n) is 3.35. The van der Waals surface area contributed by atoms with Gasteiger partial charge in [-0.2, -0.15) is 0 Å². The van der Waals surface area contributed by atoms with Crippen molar-refractivity contribution >= 4 is 11.6 Å². The van der Waals surface area contributed by atoms with Crippen LogP contribution >= 0.6 is 0 Å². The fraction of sp³-hybridized carbons (Fsp3) is 0.235. The Morgan fingerprint density at radius 3 is 2.45 bits per heavy atom. The summed E-state index contributed by atoms with van der Waals surface area (Å²) in [5.74, 6) is 0.0459. The maximum absolute atomic E-state index is 12.0. The van der Waals surface area contributed by atoms with Gasteiger partial charge in [0.05, 0.1) is 6.04 Å². The van der Waals surface area contributed by atoms with E-state index in [-0.39, 0.29) is 11.9 Å². The summed E-state index contributed by atoms with van der Waals surface area (Å²) in [5, 5.41) is 3.01. The number of carbonyl (C=O) groups is 1. The number of para-hydroxylation sites is 1. The Bertz CT molecular complexity index is 566. The molecule has 2 rings (SSSR count). The van der Waals surface area contributed by atoms with Gasteiger partial charge in [-0.3, -0.25) is 4.79 Å². The second kappa shape index (κ2) is 6.75. The number of carbonyl (C=O) groups excluding carboxylic acids is 1. The standard InChI is InChI=1S/C17H20N2O/c1-13(14-7-3-2-4-8-14)19-17(20)12-11-15-9-5-6-10-16(15)18/h2-10,13H,11-12,18H2,1H3,(H,19,20)/t13-/m1/s1. The Morgan fingerprint density at radius 2 is 1.75 bits per heavy atom. The lowest BCUT2D eigenvalue weighted by Crippen LogP contribution is -2.26. The number of nitrogens with one attached hydrogen (secondary N) is 1. The lowest BCUT2D eigenvalue weighted by molar-refractivity contribution is -0.121. The van der Waals surface area contributed by atoms with Crippen LogP contribution in [0, 0.1) is 0 Å². The number of benzene rings is 2. The predicted octanol–water partition coefficient (Wildman–Crippen LogP) is 3.08. The van der Waals surface area contributed by atoms with Gasteiger partial charge in [0, 0.05) is 12.1 Å². The Balaban J connectivity index is 1.86. The number of hydrogen-bond acceptors (Lipinski definition) is 2. The van der Waals surface area contributed by atoms with Gasteiger partial charge >= 0.3 is 0 Å². The largest absolute Gasteiger partial charge is 0.399 e. The highest BCUT2D eigenvalue weighted by Gasteiger charge is 2.09. The van der Waals surface area contributed by atoms with E-state index in [9.17, 15) is 4.79 Å². The second-order valence-electron chi connectivity index (χ2n) is 4.90. The van der Waals surface area contributed by atoms with Crippen molar-refractivity contribution in [1.29, 1.82) is 0 Å². The Labute approximate surface area is 119 Å². The molecule has 0 spiro atoms. The fourth-order valence-corrected chi connectivity index (χ4v) is 2.15. The average molecular weight is 268 g/mol. The van der Waals surface area contributed by atoms with Crippen molar-refractivity contribution in [2.45, 2.75) is 25.8 Å². The summed E-state index contributed by atoms with van der Waals surface area (Å²) < 4.78 is 0. The highest BCUT2D eigenvalue weighted by atomic mass is 16.1. The van der Waals surface area contributed by atoms with Crippen LogP contribution in [0.25, 0.3) is 0 Å². The van der Waals surface area contributed by atoms with E-state index in [0.29, 0.717) is 12.8 Å². The number of amides is 1. The van der Waals surface area contributed by atoms with Crippen LogP contribution in [0.5, 0.6) is 0 Å². The normalized spacial score (nSPS) is 11.8. The number of nitrogens with two attached hydrogens (primary N) is 1. The molecular weight excluding hydrogens is 248 g/mol. The summed E-state index contributed by atoms with van der Waals surface area (Å²) in [6.07, 6.45) is 1.12. The third-order valence-corrected chi connectivity index (χ3v) is 3.35. The van der Waals surface area contributed by atoms with Crippen molar-refractivity contribution in [3.05, 3.63) is 65.7 Å². The van der Waals surface area contributed by atoms with E-state index in [4.69, 9.17) is 5.73 Å². The molecule has 3 N–H and O–H groups in total. The fourth-order valence-electron chi connectivity index (χ4n) is 2.15. The van der Waals surface area contributed by atoms with Crippen LogP contribution in [0.1, 0.15) is 30.5 Å². The van der Waals surface area contributed by atoms with Gasteiger partial charge in [-0.1, -0.05) is 48.5 Å². The number of anilines is 1. The molecule has 0 aromatic heterocycles. The van der Waals surface area contributed by atoms with Crippen LogP contribution in [0.4, 0.5) is 5.69 Å². The summed E-state index contributed by atoms with van der Waals surface area (Å²) >= 11 is 0. The molecule has 0 fully saturated rings. The summed E-state index contributed by atoms with van der Waals surface area (Å²) in [4.78, 5) is 12.0. The van der Waals surface area contributed by atoms with Gasteiger partial charge in [0.25, 0.3) is 0 Å². The van der Waals surface area contributed by atoms with Gasteiger partial charge in [-0.25, -0.2) is 0 Å². The van der Waals surface area contributed by atoms with E-state index in [0.717, 1.165) is 16.8 Å². The number of rotatable bonds is 5. The van der Waals surface area contributed by atoms with Gasteiger partial charge < -0.3 is 11.1 Å². The van der Waals surface area contributed by atoms with Crippen molar-refractivity contribution in [3.8, 4) is 0 Å². The average Bonchev–Trinajstić information content (AvgIpc) is 2.47. The Morgan fingerprint density at radius 1 is 1.10 bits per heavy atom. The first-order chi connectivity index (χ1) is 9.66. The SMILES string of the molecule is C[C@@H](NC(=O)CCc1ccccc1N)c1ccccc1. The maximum Gasteiger partial charge on any atom is 0.220 e. The van der Waals surface area contributed by atoms with E-state index in [1.54, 1.807) is 0 Å². The zero-order valence-electron chi connectivity index (χ0n) is 11.7. The molecule has 0 heterocycles. The van der Waals surface area contributed by atoms with Gasteiger partial charge in [0.2, 0.25) is 5.91 Å². The van der Waals surface area contributed by atoms with Crippen molar-refractivity contribution in [1.82, 2.24) is 5.32 Å². The van der Waals surface area contributed by atoms with E-state index < -0.39 is 0 Å². The summed E-state index contributed by atoms with van der Waals surface area (Å²) in [6, 6.07) is 17.6. The molecule has 1 atom stereocenters. The van der Waals surface area contributed by atoms with Gasteiger partial charge in [0.15, 0.2) is 0 Å². The minimum absolute atomic E-state index is 0.0248. The lowest BCUT2D eigenvalue weighted by Gasteiger charge is -2.14. The topological polar surface area (TPSA) is 55.1 Å². The number of nitrogen functional groups attached to an aromatic ring is 1. The molecule has 2 aromatic rings. The van der Waals surface area contributed by atoms with Crippen LogP contribution in [-0.2, 0) is 11.2 Å². The van der Waals surface area contributed by atoms with E-state index in [1.807, 2.05) is 61.5 Å². The monoisotopic (exact) mass is 268 g/mol. The van der Waals surface area contributed by atoms with E-state index in [2.05, 4.69) is 5.32 Å². The quantitative estimate of drug-likeness (QED) is 0.819. The zero-order valence-corrected chi connectivity index (χ0v) is 11.7. The molecule has 0 saturated carbocycles. The molecule has 3 heteroatoms. The second-order valence-corrected chi connectivity index (χ2v) is 4.90. The molecule has 0 saturated heterocycles. The first-order valence-electron chi connectivity index (χ1n) is 6.84. The molecule has 104 valence electrons. The van der Waals surface area contributed by atoms with Gasteiger partial charge in [0.1, 0.15) is 0 Å². The number of hydrogen-bond donors (Lipinski definition) is 2. The molecule has 3 nitrogen and oxygen atoms in total. The van der Waals surface area contributed by atoms with Crippen molar-refractivity contribution in [3.63, 3.8) is 0 Å². The highest BCUT2D eigenvalue weighted by molar-refractivity contribution is 5.77. The molecule has 0 aliphatic heterocycles. The Kier molecular flexibility index (Phi) is 4.77. The lowest BCUT2D eigenvalue weighted by atomic mass is 10.1. The van der Waals surface area contributed by atoms with Crippen LogP contribution in [0.2, 0.25) is 0 Å². The number of aryl methyl sites for hydroxylation is 1. The third kappa shape index (κ3) is 3.85. The van der Waals surface area contributed by atoms with Crippen molar-refractivity contribution in [2.24, 2.45) is 0 Å². The molecule has 0 bridgehead atoms. The van der Waals surface area contributed by atoms with E-state index in [1.165, 1.54) is 0 Å². The molecule has 0 aliphatic carbocycles. The summed E-state index contributed by atoms with van der Waals surface area (Å²) in [7, 11) is 0. The van der Waals surface area contributed by atoms with Gasteiger partial charge in [-0.15, -0.1) is 0 Å². The van der Waals surface area contributed by atoms with E-state index >= 15 is 0 Å². The maximum atomic E-state index is 12.0. The molecule has 2 aromatic carbocycles.